The number of rotatable bonds is 6. The second-order valence-electron chi connectivity index (χ2n) is 4.11. The number of aromatic nitrogens is 1. The zero-order chi connectivity index (χ0) is 17.4. The lowest BCUT2D eigenvalue weighted by Gasteiger charge is -2.12. The van der Waals surface area contributed by atoms with Crippen molar-refractivity contribution in [2.45, 2.75) is 5.92 Å². The summed E-state index contributed by atoms with van der Waals surface area (Å²) in [4.78, 5) is 48.9. The van der Waals surface area contributed by atoms with Crippen LogP contribution < -0.4 is 5.32 Å². The first-order valence-electron chi connectivity index (χ1n) is 6.22. The summed E-state index contributed by atoms with van der Waals surface area (Å²) in [5.74, 6) is -4.91. The molecule has 0 saturated heterocycles. The number of anilines is 1. The smallest absolute Gasteiger partial charge is 0.328 e. The van der Waals surface area contributed by atoms with Gasteiger partial charge < -0.3 is 19.9 Å². The Balaban J connectivity index is 2.89. The molecule has 0 unspecified atom stereocenters. The van der Waals surface area contributed by atoms with Gasteiger partial charge >= 0.3 is 17.9 Å². The average Bonchev–Trinajstić information content (AvgIpc) is 2.54. The zero-order valence-electron chi connectivity index (χ0n) is 12.3. The number of ether oxygens (including phenoxy) is 2. The zero-order valence-corrected chi connectivity index (χ0v) is 12.3. The molecular formula is C14H14N2O7. The fourth-order valence-electron chi connectivity index (χ4n) is 1.55. The lowest BCUT2D eigenvalue weighted by molar-refractivity contribution is -0.154. The second kappa shape index (κ2) is 8.27. The molecule has 1 aromatic heterocycles. The average molecular weight is 322 g/mol. The largest absolute Gasteiger partial charge is 0.478 e. The molecule has 122 valence electrons. The molecule has 0 radical (unpaired) electrons. The SMILES string of the molecule is COC(=O)C(C(=O)OC)c1ccc(NC(=O)/C=C/C(=O)O)cn1. The highest BCUT2D eigenvalue weighted by atomic mass is 16.5. The quantitative estimate of drug-likeness (QED) is 0.428. The Bertz CT molecular complexity index is 621. The van der Waals surface area contributed by atoms with Gasteiger partial charge in [0.2, 0.25) is 5.91 Å². The van der Waals surface area contributed by atoms with Gasteiger partial charge in [0.1, 0.15) is 0 Å². The van der Waals surface area contributed by atoms with Gasteiger partial charge in [-0.2, -0.15) is 0 Å². The second-order valence-corrected chi connectivity index (χ2v) is 4.11. The Morgan fingerprint density at radius 3 is 2.17 bits per heavy atom. The van der Waals surface area contributed by atoms with Crippen LogP contribution in [0.5, 0.6) is 0 Å². The van der Waals surface area contributed by atoms with Crippen molar-refractivity contribution in [1.29, 1.82) is 0 Å². The molecule has 1 rings (SSSR count). The molecule has 9 nitrogen and oxygen atoms in total. The number of nitrogens with one attached hydrogen (secondary N) is 1. The summed E-state index contributed by atoms with van der Waals surface area (Å²) in [7, 11) is 2.25. The van der Waals surface area contributed by atoms with Crippen LogP contribution >= 0.6 is 0 Å². The van der Waals surface area contributed by atoms with Crippen LogP contribution in [0.1, 0.15) is 11.6 Å². The summed E-state index contributed by atoms with van der Waals surface area (Å²) in [5.41, 5.74) is 0.338. The van der Waals surface area contributed by atoms with E-state index in [1.807, 2.05) is 0 Å². The number of esters is 2. The molecule has 0 saturated carbocycles. The molecule has 1 heterocycles. The molecule has 0 atom stereocenters. The molecule has 9 heteroatoms. The van der Waals surface area contributed by atoms with Crippen molar-refractivity contribution in [2.75, 3.05) is 19.5 Å². The van der Waals surface area contributed by atoms with E-state index in [0.717, 1.165) is 20.3 Å². The number of hydrogen-bond donors (Lipinski definition) is 2. The maximum absolute atomic E-state index is 11.6. The van der Waals surface area contributed by atoms with E-state index in [1.54, 1.807) is 0 Å². The number of pyridine rings is 1. The highest BCUT2D eigenvalue weighted by Crippen LogP contribution is 2.18. The Morgan fingerprint density at radius 2 is 1.74 bits per heavy atom. The Morgan fingerprint density at radius 1 is 1.13 bits per heavy atom. The van der Waals surface area contributed by atoms with Crippen molar-refractivity contribution in [3.63, 3.8) is 0 Å². The first-order chi connectivity index (χ1) is 10.9. The van der Waals surface area contributed by atoms with Gasteiger partial charge in [-0.15, -0.1) is 0 Å². The summed E-state index contributed by atoms with van der Waals surface area (Å²) in [5, 5.41) is 10.8. The van der Waals surface area contributed by atoms with E-state index in [2.05, 4.69) is 19.8 Å². The number of carbonyl (C=O) groups is 4. The monoisotopic (exact) mass is 322 g/mol. The molecule has 0 fully saturated rings. The van der Waals surface area contributed by atoms with Crippen molar-refractivity contribution in [3.05, 3.63) is 36.2 Å². The molecule has 2 N–H and O–H groups in total. The molecule has 0 aromatic carbocycles. The summed E-state index contributed by atoms with van der Waals surface area (Å²) >= 11 is 0. The van der Waals surface area contributed by atoms with E-state index in [-0.39, 0.29) is 11.4 Å². The molecule has 1 aromatic rings. The number of methoxy groups -OCH3 is 2. The summed E-state index contributed by atoms with van der Waals surface area (Å²) < 4.78 is 9.05. The third kappa shape index (κ3) is 5.23. The van der Waals surface area contributed by atoms with Gasteiger partial charge in [0, 0.05) is 12.2 Å². The van der Waals surface area contributed by atoms with Crippen LogP contribution in [0, 0.1) is 0 Å². The lowest BCUT2D eigenvalue weighted by Crippen LogP contribution is -2.25. The topological polar surface area (TPSA) is 132 Å². The van der Waals surface area contributed by atoms with Crippen LogP contribution in [0.15, 0.2) is 30.5 Å². The van der Waals surface area contributed by atoms with Crippen LogP contribution in [0.4, 0.5) is 5.69 Å². The first kappa shape index (κ1) is 17.8. The van der Waals surface area contributed by atoms with Gasteiger partial charge in [-0.1, -0.05) is 0 Å². The molecule has 0 aliphatic rings. The van der Waals surface area contributed by atoms with Crippen LogP contribution in [0.2, 0.25) is 0 Å². The third-order valence-electron chi connectivity index (χ3n) is 2.60. The Labute approximate surface area is 130 Å². The fraction of sp³-hybridized carbons (Fsp3) is 0.214. The molecule has 0 spiro atoms. The van der Waals surface area contributed by atoms with E-state index in [1.165, 1.54) is 18.3 Å². The van der Waals surface area contributed by atoms with E-state index in [4.69, 9.17) is 5.11 Å². The van der Waals surface area contributed by atoms with Crippen molar-refractivity contribution in [1.82, 2.24) is 4.98 Å². The molecule has 0 bridgehead atoms. The first-order valence-corrected chi connectivity index (χ1v) is 6.22. The van der Waals surface area contributed by atoms with Gasteiger partial charge in [-0.05, 0) is 12.1 Å². The van der Waals surface area contributed by atoms with Crippen molar-refractivity contribution in [3.8, 4) is 0 Å². The summed E-state index contributed by atoms with van der Waals surface area (Å²) in [6.07, 6.45) is 2.73. The van der Waals surface area contributed by atoms with Gasteiger partial charge in [-0.25, -0.2) is 4.79 Å². The van der Waals surface area contributed by atoms with Gasteiger partial charge in [0.05, 0.1) is 31.8 Å². The van der Waals surface area contributed by atoms with E-state index in [0.29, 0.717) is 6.08 Å². The molecule has 0 aliphatic heterocycles. The van der Waals surface area contributed by atoms with Gasteiger partial charge in [-0.3, -0.25) is 19.4 Å². The number of aliphatic carboxylic acids is 1. The highest BCUT2D eigenvalue weighted by Gasteiger charge is 2.31. The predicted octanol–water partition coefficient (Wildman–Crippen LogP) is 0.0905. The van der Waals surface area contributed by atoms with Crippen LogP contribution in [-0.4, -0.2) is 48.1 Å². The number of carbonyl (C=O) groups excluding carboxylic acids is 3. The maximum Gasteiger partial charge on any atom is 0.328 e. The summed E-state index contributed by atoms with van der Waals surface area (Å²) in [6, 6.07) is 2.74. The van der Waals surface area contributed by atoms with E-state index in [9.17, 15) is 19.2 Å². The minimum absolute atomic E-state index is 0.0859. The number of carboxylic acids is 1. The minimum atomic E-state index is -1.33. The van der Waals surface area contributed by atoms with E-state index >= 15 is 0 Å². The van der Waals surface area contributed by atoms with Crippen LogP contribution in [0.3, 0.4) is 0 Å². The lowest BCUT2D eigenvalue weighted by atomic mass is 10.1. The standard InChI is InChI=1S/C14H14N2O7/c1-22-13(20)12(14(21)23-2)9-4-3-8(7-15-9)16-10(17)5-6-11(18)19/h3-7,12H,1-2H3,(H,16,17)(H,18,19)/b6-5+. The van der Waals surface area contributed by atoms with Gasteiger partial charge in [0.15, 0.2) is 5.92 Å². The van der Waals surface area contributed by atoms with Crippen molar-refractivity contribution >= 4 is 29.5 Å². The van der Waals surface area contributed by atoms with Crippen molar-refractivity contribution in [2.24, 2.45) is 0 Å². The van der Waals surface area contributed by atoms with Gasteiger partial charge in [0.25, 0.3) is 0 Å². The van der Waals surface area contributed by atoms with Crippen LogP contribution in [-0.2, 0) is 28.7 Å². The number of nitrogens with zero attached hydrogens (tertiary/aromatic N) is 1. The Kier molecular flexibility index (Phi) is 6.41. The van der Waals surface area contributed by atoms with Crippen LogP contribution in [0.25, 0.3) is 0 Å². The predicted molar refractivity (Wildman–Crippen MR) is 76.4 cm³/mol. The van der Waals surface area contributed by atoms with Crippen molar-refractivity contribution < 1.29 is 33.8 Å². The maximum atomic E-state index is 11.6. The third-order valence-corrected chi connectivity index (χ3v) is 2.60. The minimum Gasteiger partial charge on any atom is -0.478 e. The summed E-state index contributed by atoms with van der Waals surface area (Å²) in [6.45, 7) is 0. The highest BCUT2D eigenvalue weighted by molar-refractivity contribution is 6.02. The number of carboxylic acid groups (broad SMARTS) is 1. The number of hydrogen-bond acceptors (Lipinski definition) is 7. The number of amides is 1. The van der Waals surface area contributed by atoms with E-state index < -0.39 is 29.7 Å². The molecular weight excluding hydrogens is 308 g/mol. The molecule has 0 aliphatic carbocycles. The molecule has 1 amide bonds. The normalized spacial score (nSPS) is 10.4. The molecule has 23 heavy (non-hydrogen) atoms. The Hall–Kier alpha value is -3.23. The fourth-order valence-corrected chi connectivity index (χ4v) is 1.55.